The highest BCUT2D eigenvalue weighted by atomic mass is 16.5. The van der Waals surface area contributed by atoms with Crippen LogP contribution in [0.1, 0.15) is 49.8 Å². The number of benzene rings is 1. The fourth-order valence-electron chi connectivity index (χ4n) is 4.07. The molecule has 1 saturated carbocycles. The summed E-state index contributed by atoms with van der Waals surface area (Å²) in [5.74, 6) is -1.23. The summed E-state index contributed by atoms with van der Waals surface area (Å²) >= 11 is 0. The van der Waals surface area contributed by atoms with E-state index in [1.807, 2.05) is 24.0 Å². The van der Waals surface area contributed by atoms with Crippen LogP contribution in [0.2, 0.25) is 0 Å². The molecule has 25 heavy (non-hydrogen) atoms. The minimum Gasteiger partial charge on any atom is -0.481 e. The second-order valence-corrected chi connectivity index (χ2v) is 7.42. The molecule has 2 fully saturated rings. The number of nitrogens with zero attached hydrogens (tertiary/aromatic N) is 1. The van der Waals surface area contributed by atoms with Crippen molar-refractivity contribution in [1.29, 1.82) is 0 Å². The Morgan fingerprint density at radius 1 is 1.20 bits per heavy atom. The first-order valence-corrected chi connectivity index (χ1v) is 9.17. The second kappa shape index (κ2) is 7.56. The Morgan fingerprint density at radius 3 is 2.64 bits per heavy atom. The van der Waals surface area contributed by atoms with Crippen molar-refractivity contribution in [2.45, 2.75) is 51.7 Å². The predicted molar refractivity (Wildman–Crippen MR) is 94.1 cm³/mol. The molecule has 1 aliphatic heterocycles. The first-order chi connectivity index (χ1) is 12.0. The number of amides is 1. The highest BCUT2D eigenvalue weighted by molar-refractivity contribution is 5.80. The van der Waals surface area contributed by atoms with Crippen molar-refractivity contribution < 1.29 is 19.4 Å². The Hall–Kier alpha value is -1.88. The molecule has 2 aliphatic rings. The van der Waals surface area contributed by atoms with Gasteiger partial charge >= 0.3 is 5.97 Å². The van der Waals surface area contributed by atoms with Crippen LogP contribution in [0.5, 0.6) is 0 Å². The van der Waals surface area contributed by atoms with Gasteiger partial charge in [0.1, 0.15) is 6.10 Å². The van der Waals surface area contributed by atoms with Gasteiger partial charge in [0.05, 0.1) is 25.1 Å². The van der Waals surface area contributed by atoms with Crippen LogP contribution in [0.15, 0.2) is 24.3 Å². The number of carbonyl (C=O) groups is 2. The van der Waals surface area contributed by atoms with Crippen molar-refractivity contribution in [2.75, 3.05) is 13.2 Å². The summed E-state index contributed by atoms with van der Waals surface area (Å²) in [4.78, 5) is 26.3. The van der Waals surface area contributed by atoms with Crippen molar-refractivity contribution in [1.82, 2.24) is 4.90 Å². The van der Waals surface area contributed by atoms with Crippen LogP contribution in [0.3, 0.4) is 0 Å². The van der Waals surface area contributed by atoms with Gasteiger partial charge in [-0.05, 0) is 44.2 Å². The minimum atomic E-state index is -0.773. The maximum atomic E-state index is 13.1. The number of rotatable bonds is 3. The van der Waals surface area contributed by atoms with Gasteiger partial charge in [-0.15, -0.1) is 0 Å². The smallest absolute Gasteiger partial charge is 0.306 e. The Labute approximate surface area is 149 Å². The van der Waals surface area contributed by atoms with Gasteiger partial charge in [0.25, 0.3) is 0 Å². The zero-order chi connectivity index (χ0) is 18.0. The molecule has 5 heteroatoms. The minimum absolute atomic E-state index is 0.0259. The number of carboxylic acids is 1. The molecule has 1 amide bonds. The molecule has 0 bridgehead atoms. The highest BCUT2D eigenvalue weighted by Gasteiger charge is 2.37. The number of carbonyl (C=O) groups excluding carboxylic acids is 1. The van der Waals surface area contributed by atoms with Gasteiger partial charge in [-0.25, -0.2) is 0 Å². The van der Waals surface area contributed by atoms with E-state index >= 15 is 0 Å². The van der Waals surface area contributed by atoms with E-state index in [-0.39, 0.29) is 29.9 Å². The van der Waals surface area contributed by atoms with Crippen molar-refractivity contribution in [3.8, 4) is 0 Å². The first kappa shape index (κ1) is 17.9. The standard InChI is InChI=1S/C20H27NO4/c1-13-6-3-4-9-17(13)18-11-21(14(2)12-25-18)19(22)15-7-5-8-16(10-15)20(23)24/h3-4,6,9,14-16,18H,5,7-8,10-12H2,1-2H3,(H,23,24). The predicted octanol–water partition coefficient (Wildman–Crippen LogP) is 3.17. The molecule has 0 radical (unpaired) electrons. The van der Waals surface area contributed by atoms with Gasteiger partial charge < -0.3 is 14.7 Å². The van der Waals surface area contributed by atoms with E-state index in [9.17, 15) is 14.7 Å². The molecule has 1 heterocycles. The van der Waals surface area contributed by atoms with E-state index in [4.69, 9.17) is 4.74 Å². The largest absolute Gasteiger partial charge is 0.481 e. The molecule has 4 atom stereocenters. The molecule has 1 aromatic rings. The molecule has 0 spiro atoms. The van der Waals surface area contributed by atoms with Crippen LogP contribution >= 0.6 is 0 Å². The third-order valence-corrected chi connectivity index (χ3v) is 5.62. The lowest BCUT2D eigenvalue weighted by Gasteiger charge is -2.41. The maximum Gasteiger partial charge on any atom is 0.306 e. The van der Waals surface area contributed by atoms with Gasteiger partial charge in [0.15, 0.2) is 0 Å². The van der Waals surface area contributed by atoms with Crippen molar-refractivity contribution in [2.24, 2.45) is 11.8 Å². The molecule has 4 unspecified atom stereocenters. The quantitative estimate of drug-likeness (QED) is 0.914. The molecular formula is C20H27NO4. The summed E-state index contributed by atoms with van der Waals surface area (Å²) in [7, 11) is 0. The Balaban J connectivity index is 1.72. The van der Waals surface area contributed by atoms with Gasteiger partial charge in [-0.2, -0.15) is 0 Å². The van der Waals surface area contributed by atoms with Crippen molar-refractivity contribution in [3.05, 3.63) is 35.4 Å². The van der Waals surface area contributed by atoms with Crippen LogP contribution in [-0.4, -0.2) is 41.1 Å². The average molecular weight is 345 g/mol. The third kappa shape index (κ3) is 3.87. The molecule has 0 aromatic heterocycles. The lowest BCUT2D eigenvalue weighted by atomic mass is 9.80. The van der Waals surface area contributed by atoms with E-state index in [2.05, 4.69) is 19.1 Å². The van der Waals surface area contributed by atoms with E-state index < -0.39 is 5.97 Å². The molecule has 1 saturated heterocycles. The summed E-state index contributed by atoms with van der Waals surface area (Å²) < 4.78 is 6.00. The van der Waals surface area contributed by atoms with Crippen LogP contribution in [0.25, 0.3) is 0 Å². The normalized spacial score (nSPS) is 30.1. The molecule has 136 valence electrons. The van der Waals surface area contributed by atoms with Crippen LogP contribution in [-0.2, 0) is 14.3 Å². The number of hydrogen-bond donors (Lipinski definition) is 1. The van der Waals surface area contributed by atoms with E-state index in [1.54, 1.807) is 0 Å². The van der Waals surface area contributed by atoms with E-state index in [0.717, 1.165) is 24.0 Å². The summed E-state index contributed by atoms with van der Waals surface area (Å²) in [6.07, 6.45) is 2.64. The van der Waals surface area contributed by atoms with E-state index in [1.165, 1.54) is 0 Å². The van der Waals surface area contributed by atoms with Crippen LogP contribution < -0.4 is 0 Å². The van der Waals surface area contributed by atoms with Gasteiger partial charge in [0, 0.05) is 5.92 Å². The molecule has 1 aliphatic carbocycles. The number of aliphatic carboxylic acids is 1. The molecule has 1 aromatic carbocycles. The Morgan fingerprint density at radius 2 is 1.92 bits per heavy atom. The van der Waals surface area contributed by atoms with Gasteiger partial charge in [-0.3, -0.25) is 9.59 Å². The molecular weight excluding hydrogens is 318 g/mol. The topological polar surface area (TPSA) is 66.8 Å². The summed E-state index contributed by atoms with van der Waals surface area (Å²) in [5.41, 5.74) is 2.29. The Bertz CT molecular complexity index is 644. The Kier molecular flexibility index (Phi) is 5.42. The second-order valence-electron chi connectivity index (χ2n) is 7.42. The number of ether oxygens (including phenoxy) is 1. The van der Waals surface area contributed by atoms with Crippen molar-refractivity contribution in [3.63, 3.8) is 0 Å². The summed E-state index contributed by atoms with van der Waals surface area (Å²) in [5, 5.41) is 9.28. The number of hydrogen-bond acceptors (Lipinski definition) is 3. The lowest BCUT2D eigenvalue weighted by molar-refractivity contribution is -0.152. The lowest BCUT2D eigenvalue weighted by Crippen LogP contribution is -2.51. The number of morpholine rings is 1. The molecule has 3 rings (SSSR count). The summed E-state index contributed by atoms with van der Waals surface area (Å²) in [6.45, 7) is 5.11. The zero-order valence-electron chi connectivity index (χ0n) is 15.0. The van der Waals surface area contributed by atoms with Crippen LogP contribution in [0.4, 0.5) is 0 Å². The summed E-state index contributed by atoms with van der Waals surface area (Å²) in [6, 6.07) is 8.13. The van der Waals surface area contributed by atoms with Gasteiger partial charge in [-0.1, -0.05) is 30.7 Å². The first-order valence-electron chi connectivity index (χ1n) is 9.17. The van der Waals surface area contributed by atoms with E-state index in [0.29, 0.717) is 26.0 Å². The fourth-order valence-corrected chi connectivity index (χ4v) is 4.07. The number of carboxylic acid groups (broad SMARTS) is 1. The zero-order valence-corrected chi connectivity index (χ0v) is 15.0. The SMILES string of the molecule is Cc1ccccc1C1CN(C(=O)C2CCCC(C(=O)O)C2)C(C)CO1. The highest BCUT2D eigenvalue weighted by Crippen LogP contribution is 2.33. The maximum absolute atomic E-state index is 13.1. The molecule has 1 N–H and O–H groups in total. The third-order valence-electron chi connectivity index (χ3n) is 5.62. The number of aryl methyl sites for hydroxylation is 1. The van der Waals surface area contributed by atoms with Crippen LogP contribution in [0, 0.1) is 18.8 Å². The monoisotopic (exact) mass is 345 g/mol. The molecule has 5 nitrogen and oxygen atoms in total. The average Bonchev–Trinajstić information content (AvgIpc) is 2.62. The van der Waals surface area contributed by atoms with Gasteiger partial charge in [0.2, 0.25) is 5.91 Å². The van der Waals surface area contributed by atoms with Crippen molar-refractivity contribution >= 4 is 11.9 Å². The fraction of sp³-hybridized carbons (Fsp3) is 0.600.